The van der Waals surface area contributed by atoms with Crippen LogP contribution in [-0.2, 0) is 14.3 Å². The number of carbonyl (C=O) groups is 1. The van der Waals surface area contributed by atoms with Crippen molar-refractivity contribution in [2.75, 3.05) is 24.7 Å². The molecule has 0 aliphatic rings. The van der Waals surface area contributed by atoms with Gasteiger partial charge in [-0.2, -0.15) is 0 Å². The number of hydrogen-bond acceptors (Lipinski definition) is 3. The third-order valence-electron chi connectivity index (χ3n) is 2.61. The fraction of sp³-hybridized carbons (Fsp3) is 0.533. The normalized spacial score (nSPS) is 11.7. The van der Waals surface area contributed by atoms with E-state index >= 15 is 0 Å². The third kappa shape index (κ3) is 6.22. The first-order valence-electron chi connectivity index (χ1n) is 6.77. The summed E-state index contributed by atoms with van der Waals surface area (Å²) in [5.74, 6) is -0.256. The molecule has 0 aliphatic carbocycles. The van der Waals surface area contributed by atoms with Crippen LogP contribution in [0.2, 0.25) is 0 Å². The molecule has 1 amide bonds. The van der Waals surface area contributed by atoms with Crippen molar-refractivity contribution in [1.29, 1.82) is 0 Å². The number of amides is 1. The summed E-state index contributed by atoms with van der Waals surface area (Å²) in [4.78, 5) is 13.2. The molecule has 0 saturated heterocycles. The molecule has 0 saturated carbocycles. The Hall–Kier alpha value is -0.810. The highest BCUT2D eigenvalue weighted by Crippen LogP contribution is 2.32. The van der Waals surface area contributed by atoms with E-state index in [2.05, 4.69) is 0 Å². The minimum Gasteiger partial charge on any atom is -0.376 e. The molecule has 0 aromatic heterocycles. The number of carbonyl (C=O) groups excluding carboxylic acids is 1. The first-order valence-corrected chi connectivity index (χ1v) is 7.53. The van der Waals surface area contributed by atoms with Crippen molar-refractivity contribution in [3.05, 3.63) is 30.3 Å². The van der Waals surface area contributed by atoms with Gasteiger partial charge in [0.2, 0.25) is 10.4 Å². The van der Waals surface area contributed by atoms with E-state index in [1.165, 1.54) is 11.8 Å². The minimum atomic E-state index is -1.47. The predicted octanol–water partition coefficient (Wildman–Crippen LogP) is 3.61. The summed E-state index contributed by atoms with van der Waals surface area (Å²) >= 11 is 12.6. The van der Waals surface area contributed by atoms with Crippen molar-refractivity contribution in [3.8, 4) is 0 Å². The van der Waals surface area contributed by atoms with Crippen LogP contribution in [0.1, 0.15) is 20.8 Å². The maximum Gasteiger partial charge on any atom is 0.226 e. The zero-order valence-corrected chi connectivity index (χ0v) is 14.0. The zero-order chi connectivity index (χ0) is 15.9. The van der Waals surface area contributed by atoms with Crippen LogP contribution in [-0.4, -0.2) is 36.3 Å². The van der Waals surface area contributed by atoms with Crippen molar-refractivity contribution in [2.24, 2.45) is 0 Å². The van der Waals surface area contributed by atoms with Gasteiger partial charge in [0.25, 0.3) is 0 Å². The predicted molar refractivity (Wildman–Crippen MR) is 85.9 cm³/mol. The Kier molecular flexibility index (Phi) is 7.46. The highest BCUT2D eigenvalue weighted by atomic mass is 35.5. The van der Waals surface area contributed by atoms with Crippen molar-refractivity contribution >= 4 is 34.8 Å². The molecule has 0 N–H and O–H groups in total. The molecular formula is C15H21Cl2NO3. The Bertz CT molecular complexity index is 438. The fourth-order valence-electron chi connectivity index (χ4n) is 1.78. The van der Waals surface area contributed by atoms with Crippen LogP contribution in [0.15, 0.2) is 30.3 Å². The number of ether oxygens (including phenoxy) is 2. The van der Waals surface area contributed by atoms with Crippen LogP contribution in [0.5, 0.6) is 0 Å². The van der Waals surface area contributed by atoms with Gasteiger partial charge in [-0.15, -0.1) is 0 Å². The smallest absolute Gasteiger partial charge is 0.226 e. The molecule has 4 nitrogen and oxygen atoms in total. The van der Waals surface area contributed by atoms with E-state index in [9.17, 15) is 4.79 Å². The zero-order valence-electron chi connectivity index (χ0n) is 12.5. The second-order valence-corrected chi connectivity index (χ2v) is 6.27. The van der Waals surface area contributed by atoms with Crippen molar-refractivity contribution in [3.63, 3.8) is 0 Å². The SMILES string of the molecule is CC(=O)N(c1ccccc1)C(Cl)(Cl)COCCOC(C)C. The maximum atomic E-state index is 11.8. The Balaban J connectivity index is 2.62. The van der Waals surface area contributed by atoms with Crippen LogP contribution in [0, 0.1) is 0 Å². The number of para-hydroxylation sites is 1. The van der Waals surface area contributed by atoms with Crippen molar-refractivity contribution in [1.82, 2.24) is 0 Å². The number of hydrogen-bond donors (Lipinski definition) is 0. The quantitative estimate of drug-likeness (QED) is 0.414. The third-order valence-corrected chi connectivity index (χ3v) is 3.17. The average molecular weight is 334 g/mol. The first-order chi connectivity index (χ1) is 9.84. The standard InChI is InChI=1S/C15H21Cl2NO3/c1-12(2)21-10-9-20-11-15(16,17)18(13(3)19)14-7-5-4-6-8-14/h4-8,12H,9-11H2,1-3H3. The summed E-state index contributed by atoms with van der Waals surface area (Å²) < 4.78 is 9.31. The van der Waals surface area contributed by atoms with E-state index in [0.717, 1.165) is 0 Å². The topological polar surface area (TPSA) is 38.8 Å². The van der Waals surface area contributed by atoms with E-state index in [1.54, 1.807) is 12.1 Å². The van der Waals surface area contributed by atoms with E-state index < -0.39 is 4.46 Å². The molecule has 0 unspecified atom stereocenters. The summed E-state index contributed by atoms with van der Waals surface area (Å²) in [7, 11) is 0. The molecule has 0 heterocycles. The monoisotopic (exact) mass is 333 g/mol. The molecule has 0 radical (unpaired) electrons. The number of alkyl halides is 2. The van der Waals surface area contributed by atoms with Gasteiger partial charge in [0.05, 0.1) is 25.9 Å². The van der Waals surface area contributed by atoms with Crippen LogP contribution in [0.4, 0.5) is 5.69 Å². The molecule has 0 aliphatic heterocycles. The van der Waals surface area contributed by atoms with Gasteiger partial charge >= 0.3 is 0 Å². The van der Waals surface area contributed by atoms with Gasteiger partial charge < -0.3 is 9.47 Å². The van der Waals surface area contributed by atoms with Crippen molar-refractivity contribution < 1.29 is 14.3 Å². The second kappa shape index (κ2) is 8.59. The molecule has 1 aromatic carbocycles. The summed E-state index contributed by atoms with van der Waals surface area (Å²) in [6.07, 6.45) is 0.142. The van der Waals surface area contributed by atoms with Gasteiger partial charge in [0.15, 0.2) is 0 Å². The minimum absolute atomic E-state index is 0.00790. The molecule has 1 aromatic rings. The van der Waals surface area contributed by atoms with E-state index in [-0.39, 0.29) is 18.6 Å². The van der Waals surface area contributed by atoms with Crippen LogP contribution < -0.4 is 4.90 Å². The molecule has 0 fully saturated rings. The lowest BCUT2D eigenvalue weighted by atomic mass is 10.3. The van der Waals surface area contributed by atoms with Gasteiger partial charge in [0.1, 0.15) is 0 Å². The summed E-state index contributed by atoms with van der Waals surface area (Å²) in [5, 5.41) is 0. The number of halogens is 2. The lowest BCUT2D eigenvalue weighted by Gasteiger charge is -2.33. The van der Waals surface area contributed by atoms with Crippen molar-refractivity contribution in [2.45, 2.75) is 31.3 Å². The number of rotatable bonds is 8. The van der Waals surface area contributed by atoms with E-state index in [4.69, 9.17) is 32.7 Å². The van der Waals surface area contributed by atoms with Gasteiger partial charge in [0, 0.05) is 12.6 Å². The maximum absolute atomic E-state index is 11.8. The fourth-order valence-corrected chi connectivity index (χ4v) is 2.37. The van der Waals surface area contributed by atoms with Gasteiger partial charge in [-0.25, -0.2) is 0 Å². The molecule has 0 atom stereocenters. The summed E-state index contributed by atoms with van der Waals surface area (Å²) in [5.41, 5.74) is 0.622. The number of nitrogens with zero attached hydrogens (tertiary/aromatic N) is 1. The molecule has 21 heavy (non-hydrogen) atoms. The molecule has 118 valence electrons. The Labute approximate surface area is 135 Å². The highest BCUT2D eigenvalue weighted by Gasteiger charge is 2.36. The van der Waals surface area contributed by atoms with Gasteiger partial charge in [-0.05, 0) is 26.0 Å². The van der Waals surface area contributed by atoms with Crippen LogP contribution >= 0.6 is 23.2 Å². The number of benzene rings is 1. The average Bonchev–Trinajstić information content (AvgIpc) is 2.38. The second-order valence-electron chi connectivity index (χ2n) is 4.83. The lowest BCUT2D eigenvalue weighted by Crippen LogP contribution is -2.46. The first kappa shape index (κ1) is 18.2. The summed E-state index contributed by atoms with van der Waals surface area (Å²) in [6, 6.07) is 9.01. The lowest BCUT2D eigenvalue weighted by molar-refractivity contribution is -0.117. The van der Waals surface area contributed by atoms with E-state index in [1.807, 2.05) is 32.0 Å². The Morgan fingerprint density at radius 3 is 2.38 bits per heavy atom. The summed E-state index contributed by atoms with van der Waals surface area (Å²) in [6.45, 7) is 6.10. The molecular weight excluding hydrogens is 313 g/mol. The molecule has 6 heteroatoms. The molecule has 0 bridgehead atoms. The van der Waals surface area contributed by atoms with E-state index in [0.29, 0.717) is 18.9 Å². The molecule has 1 rings (SSSR count). The van der Waals surface area contributed by atoms with Crippen LogP contribution in [0.25, 0.3) is 0 Å². The van der Waals surface area contributed by atoms with Crippen LogP contribution in [0.3, 0.4) is 0 Å². The molecule has 0 spiro atoms. The van der Waals surface area contributed by atoms with Gasteiger partial charge in [-0.3, -0.25) is 9.69 Å². The highest BCUT2D eigenvalue weighted by molar-refractivity contribution is 6.51. The Morgan fingerprint density at radius 1 is 1.24 bits per heavy atom. The van der Waals surface area contributed by atoms with Gasteiger partial charge in [-0.1, -0.05) is 41.4 Å². The largest absolute Gasteiger partial charge is 0.376 e. The number of anilines is 1. The Morgan fingerprint density at radius 2 is 1.86 bits per heavy atom.